The van der Waals surface area contributed by atoms with E-state index < -0.39 is 6.55 Å². The van der Waals surface area contributed by atoms with Crippen molar-refractivity contribution in [1.82, 2.24) is 14.5 Å². The molecule has 1 aromatic heterocycles. The van der Waals surface area contributed by atoms with Gasteiger partial charge in [0.2, 0.25) is 5.91 Å². The number of carbonyl (C=O) groups is 1. The fourth-order valence-corrected chi connectivity index (χ4v) is 2.76. The SMILES string of the molecule is CN(Cc1nccn1C(F)F)C(=O)C1CC1c1ccc(F)cc1. The summed E-state index contributed by atoms with van der Waals surface area (Å²) >= 11 is 0. The van der Waals surface area contributed by atoms with Crippen molar-refractivity contribution in [2.24, 2.45) is 5.92 Å². The van der Waals surface area contributed by atoms with Crippen LogP contribution in [0.5, 0.6) is 0 Å². The van der Waals surface area contributed by atoms with Gasteiger partial charge in [0.15, 0.2) is 0 Å². The number of rotatable bonds is 5. The van der Waals surface area contributed by atoms with Crippen LogP contribution in [0, 0.1) is 11.7 Å². The van der Waals surface area contributed by atoms with Crippen LogP contribution in [-0.2, 0) is 11.3 Å². The highest BCUT2D eigenvalue weighted by Gasteiger charge is 2.45. The molecule has 2 atom stereocenters. The largest absolute Gasteiger partial charge is 0.338 e. The average molecular weight is 323 g/mol. The van der Waals surface area contributed by atoms with E-state index >= 15 is 0 Å². The Hall–Kier alpha value is -2.31. The van der Waals surface area contributed by atoms with E-state index in [1.807, 2.05) is 0 Å². The molecule has 2 unspecified atom stereocenters. The number of imidazole rings is 1. The van der Waals surface area contributed by atoms with E-state index in [9.17, 15) is 18.0 Å². The zero-order valence-electron chi connectivity index (χ0n) is 12.5. The zero-order chi connectivity index (χ0) is 16.6. The van der Waals surface area contributed by atoms with Crippen LogP contribution in [0.2, 0.25) is 0 Å². The Balaban J connectivity index is 1.63. The lowest BCUT2D eigenvalue weighted by molar-refractivity contribution is -0.132. The number of benzene rings is 1. The second-order valence-corrected chi connectivity index (χ2v) is 5.72. The molecule has 4 nitrogen and oxygen atoms in total. The van der Waals surface area contributed by atoms with Crippen molar-refractivity contribution < 1.29 is 18.0 Å². The van der Waals surface area contributed by atoms with Crippen molar-refractivity contribution in [2.45, 2.75) is 25.4 Å². The Kier molecular flexibility index (Phi) is 4.11. The summed E-state index contributed by atoms with van der Waals surface area (Å²) in [6.45, 7) is -2.65. The van der Waals surface area contributed by atoms with Gasteiger partial charge in [-0.1, -0.05) is 12.1 Å². The van der Waals surface area contributed by atoms with Crippen molar-refractivity contribution in [3.63, 3.8) is 0 Å². The van der Waals surface area contributed by atoms with Gasteiger partial charge in [-0.15, -0.1) is 0 Å². The third-order valence-electron chi connectivity index (χ3n) is 4.12. The van der Waals surface area contributed by atoms with E-state index in [1.165, 1.54) is 29.4 Å². The maximum atomic E-state index is 12.9. The first kappa shape index (κ1) is 15.6. The highest BCUT2D eigenvalue weighted by molar-refractivity contribution is 5.82. The second kappa shape index (κ2) is 6.06. The molecule has 1 fully saturated rings. The summed E-state index contributed by atoms with van der Waals surface area (Å²) < 4.78 is 39.2. The van der Waals surface area contributed by atoms with E-state index in [0.29, 0.717) is 6.42 Å². The number of alkyl halides is 2. The molecular weight excluding hydrogens is 307 g/mol. The summed E-state index contributed by atoms with van der Waals surface area (Å²) in [4.78, 5) is 17.7. The molecule has 2 aromatic rings. The number of hydrogen-bond acceptors (Lipinski definition) is 2. The van der Waals surface area contributed by atoms with Gasteiger partial charge >= 0.3 is 6.55 Å². The normalized spacial score (nSPS) is 19.9. The van der Waals surface area contributed by atoms with Crippen LogP contribution in [0.4, 0.5) is 13.2 Å². The van der Waals surface area contributed by atoms with Crippen molar-refractivity contribution in [3.05, 3.63) is 53.9 Å². The lowest BCUT2D eigenvalue weighted by Crippen LogP contribution is -2.29. The second-order valence-electron chi connectivity index (χ2n) is 5.72. The Morgan fingerprint density at radius 1 is 1.39 bits per heavy atom. The minimum atomic E-state index is -2.68. The summed E-state index contributed by atoms with van der Waals surface area (Å²) in [7, 11) is 1.58. The number of nitrogens with zero attached hydrogens (tertiary/aromatic N) is 3. The van der Waals surface area contributed by atoms with Crippen LogP contribution in [0.15, 0.2) is 36.7 Å². The van der Waals surface area contributed by atoms with Crippen LogP contribution in [-0.4, -0.2) is 27.4 Å². The monoisotopic (exact) mass is 323 g/mol. The molecule has 23 heavy (non-hydrogen) atoms. The van der Waals surface area contributed by atoms with Gasteiger partial charge in [0, 0.05) is 25.4 Å². The Labute approximate surface area is 131 Å². The van der Waals surface area contributed by atoms with Crippen LogP contribution in [0.3, 0.4) is 0 Å². The first-order valence-electron chi connectivity index (χ1n) is 7.27. The molecule has 0 aliphatic heterocycles. The van der Waals surface area contributed by atoms with Crippen LogP contribution >= 0.6 is 0 Å². The fraction of sp³-hybridized carbons (Fsp3) is 0.375. The summed E-state index contributed by atoms with van der Waals surface area (Å²) in [6.07, 6.45) is 3.17. The molecule has 1 aliphatic carbocycles. The molecule has 3 rings (SSSR count). The Morgan fingerprint density at radius 3 is 2.74 bits per heavy atom. The van der Waals surface area contributed by atoms with E-state index in [1.54, 1.807) is 19.2 Å². The molecule has 0 saturated heterocycles. The Morgan fingerprint density at radius 2 is 2.09 bits per heavy atom. The molecule has 1 aromatic carbocycles. The van der Waals surface area contributed by atoms with Gasteiger partial charge in [-0.25, -0.2) is 9.37 Å². The minimum Gasteiger partial charge on any atom is -0.338 e. The first-order valence-corrected chi connectivity index (χ1v) is 7.27. The van der Waals surface area contributed by atoms with Gasteiger partial charge in [-0.05, 0) is 30.0 Å². The molecule has 1 saturated carbocycles. The topological polar surface area (TPSA) is 38.1 Å². The Bertz CT molecular complexity index is 699. The van der Waals surface area contributed by atoms with Gasteiger partial charge in [-0.2, -0.15) is 8.78 Å². The van der Waals surface area contributed by atoms with Gasteiger partial charge in [0.25, 0.3) is 0 Å². The number of aromatic nitrogens is 2. The molecule has 0 bridgehead atoms. The van der Waals surface area contributed by atoms with Gasteiger partial charge in [-0.3, -0.25) is 9.36 Å². The van der Waals surface area contributed by atoms with Crippen molar-refractivity contribution in [3.8, 4) is 0 Å². The maximum absolute atomic E-state index is 12.9. The van der Waals surface area contributed by atoms with Crippen LogP contribution in [0.25, 0.3) is 0 Å². The summed E-state index contributed by atoms with van der Waals surface area (Å²) in [5, 5.41) is 0. The summed E-state index contributed by atoms with van der Waals surface area (Å²) in [5.74, 6) is -0.382. The predicted octanol–water partition coefficient (Wildman–Crippen LogP) is 3.18. The van der Waals surface area contributed by atoms with Crippen LogP contribution < -0.4 is 0 Å². The quantitative estimate of drug-likeness (QED) is 0.847. The fourth-order valence-electron chi connectivity index (χ4n) is 2.76. The minimum absolute atomic E-state index is 0.0306. The number of hydrogen-bond donors (Lipinski definition) is 0. The molecule has 0 spiro atoms. The highest BCUT2D eigenvalue weighted by Crippen LogP contribution is 2.48. The third kappa shape index (κ3) is 3.23. The van der Waals surface area contributed by atoms with Gasteiger partial charge in [0.1, 0.15) is 11.6 Å². The molecule has 122 valence electrons. The average Bonchev–Trinajstić information content (AvgIpc) is 3.18. The number of amides is 1. The third-order valence-corrected chi connectivity index (χ3v) is 4.12. The van der Waals surface area contributed by atoms with Gasteiger partial charge < -0.3 is 4.90 Å². The highest BCUT2D eigenvalue weighted by atomic mass is 19.3. The first-order chi connectivity index (χ1) is 11.0. The molecular formula is C16H16F3N3O. The molecule has 7 heteroatoms. The van der Waals surface area contributed by atoms with Gasteiger partial charge in [0.05, 0.1) is 6.54 Å². The lowest BCUT2D eigenvalue weighted by atomic mass is 10.1. The predicted molar refractivity (Wildman–Crippen MR) is 77.2 cm³/mol. The van der Waals surface area contributed by atoms with Crippen molar-refractivity contribution >= 4 is 5.91 Å². The zero-order valence-corrected chi connectivity index (χ0v) is 12.5. The standard InChI is InChI=1S/C16H16F3N3O/c1-21(9-14-20-6-7-22(14)16(18)19)15(23)13-8-12(13)10-2-4-11(17)5-3-10/h2-7,12-13,16H,8-9H2,1H3. The summed E-state index contributed by atoms with van der Waals surface area (Å²) in [5.41, 5.74) is 0.923. The van der Waals surface area contributed by atoms with E-state index in [0.717, 1.165) is 10.1 Å². The lowest BCUT2D eigenvalue weighted by Gasteiger charge is -2.17. The van der Waals surface area contributed by atoms with E-state index in [4.69, 9.17) is 0 Å². The molecule has 1 amide bonds. The summed E-state index contributed by atoms with van der Waals surface area (Å²) in [6, 6.07) is 6.10. The molecule has 0 N–H and O–H groups in total. The van der Waals surface area contributed by atoms with E-state index in [-0.39, 0.29) is 35.9 Å². The molecule has 1 heterocycles. The van der Waals surface area contributed by atoms with Crippen LogP contribution in [0.1, 0.15) is 30.3 Å². The maximum Gasteiger partial charge on any atom is 0.319 e. The molecule has 1 aliphatic rings. The van der Waals surface area contributed by atoms with E-state index in [2.05, 4.69) is 4.98 Å². The number of carbonyl (C=O) groups excluding carboxylic acids is 1. The van der Waals surface area contributed by atoms with Crippen molar-refractivity contribution in [2.75, 3.05) is 7.05 Å². The number of halogens is 3. The molecule has 0 radical (unpaired) electrons. The smallest absolute Gasteiger partial charge is 0.319 e. The van der Waals surface area contributed by atoms with Crippen molar-refractivity contribution in [1.29, 1.82) is 0 Å².